The molecule has 0 saturated heterocycles. The van der Waals surface area contributed by atoms with Crippen LogP contribution in [0.15, 0.2) is 30.3 Å². The van der Waals surface area contributed by atoms with Crippen molar-refractivity contribution in [1.82, 2.24) is 0 Å². The number of carbonyl (C=O) groups excluding carboxylic acids is 2. The van der Waals surface area contributed by atoms with Gasteiger partial charge in [-0.15, -0.1) is 0 Å². The summed E-state index contributed by atoms with van der Waals surface area (Å²) in [6.07, 6.45) is 0. The Bertz CT molecular complexity index is 385. The zero-order valence-corrected chi connectivity index (χ0v) is 11.3. The fraction of sp³-hybridized carbons (Fsp3) is 0.429. The van der Waals surface area contributed by atoms with Crippen LogP contribution in [0.2, 0.25) is 0 Å². The monoisotopic (exact) mass is 265 g/mol. The van der Waals surface area contributed by atoms with Gasteiger partial charge in [0.05, 0.1) is 13.1 Å². The largest absolute Gasteiger partial charge is 0.464 e. The standard InChI is InChI=1S/C14H19NO4/c1-12(16)18-10-8-15(9-11-19-13(2)17)14-6-4-3-5-7-14/h3-7H,8-11H2,1-2H3. The number of para-hydroxylation sites is 1. The minimum absolute atomic E-state index is 0.298. The van der Waals surface area contributed by atoms with E-state index in [1.54, 1.807) is 0 Å². The molecule has 0 saturated carbocycles. The van der Waals surface area contributed by atoms with Crippen molar-refractivity contribution in [1.29, 1.82) is 0 Å². The highest BCUT2D eigenvalue weighted by Gasteiger charge is 2.07. The van der Waals surface area contributed by atoms with Gasteiger partial charge in [-0.2, -0.15) is 0 Å². The summed E-state index contributed by atoms with van der Waals surface area (Å²) in [4.78, 5) is 23.5. The van der Waals surface area contributed by atoms with Crippen molar-refractivity contribution in [2.24, 2.45) is 0 Å². The third-order valence-corrected chi connectivity index (χ3v) is 2.45. The number of nitrogens with zero attached hydrogens (tertiary/aromatic N) is 1. The Balaban J connectivity index is 2.52. The van der Waals surface area contributed by atoms with E-state index in [1.165, 1.54) is 13.8 Å². The first-order valence-corrected chi connectivity index (χ1v) is 6.16. The van der Waals surface area contributed by atoms with Gasteiger partial charge >= 0.3 is 11.9 Å². The molecule has 0 bridgehead atoms. The van der Waals surface area contributed by atoms with Crippen LogP contribution in [0.5, 0.6) is 0 Å². The van der Waals surface area contributed by atoms with Gasteiger partial charge < -0.3 is 14.4 Å². The Morgan fingerprint density at radius 3 is 1.84 bits per heavy atom. The Labute approximate surface area is 113 Å². The van der Waals surface area contributed by atoms with E-state index in [2.05, 4.69) is 0 Å². The van der Waals surface area contributed by atoms with E-state index in [4.69, 9.17) is 9.47 Å². The first-order valence-electron chi connectivity index (χ1n) is 6.16. The second-order valence-corrected chi connectivity index (χ2v) is 4.00. The van der Waals surface area contributed by atoms with Crippen molar-refractivity contribution in [2.75, 3.05) is 31.2 Å². The van der Waals surface area contributed by atoms with E-state index in [9.17, 15) is 9.59 Å². The van der Waals surface area contributed by atoms with Gasteiger partial charge in [-0.25, -0.2) is 0 Å². The van der Waals surface area contributed by atoms with E-state index >= 15 is 0 Å². The highest BCUT2D eigenvalue weighted by molar-refractivity contribution is 5.66. The van der Waals surface area contributed by atoms with Crippen molar-refractivity contribution >= 4 is 17.6 Å². The van der Waals surface area contributed by atoms with Crippen LogP contribution >= 0.6 is 0 Å². The lowest BCUT2D eigenvalue weighted by atomic mass is 10.3. The molecule has 0 aromatic heterocycles. The van der Waals surface area contributed by atoms with Crippen LogP contribution in [0.4, 0.5) is 5.69 Å². The first-order chi connectivity index (χ1) is 9.09. The number of benzene rings is 1. The quantitative estimate of drug-likeness (QED) is 0.701. The van der Waals surface area contributed by atoms with Crippen LogP contribution < -0.4 is 4.90 Å². The summed E-state index contributed by atoms with van der Waals surface area (Å²) < 4.78 is 9.87. The number of anilines is 1. The van der Waals surface area contributed by atoms with E-state index in [-0.39, 0.29) is 11.9 Å². The van der Waals surface area contributed by atoms with E-state index in [1.807, 2.05) is 35.2 Å². The van der Waals surface area contributed by atoms with Crippen LogP contribution in [-0.2, 0) is 19.1 Å². The van der Waals surface area contributed by atoms with Crippen LogP contribution in [0.25, 0.3) is 0 Å². The van der Waals surface area contributed by atoms with Gasteiger partial charge in [-0.05, 0) is 12.1 Å². The minimum atomic E-state index is -0.298. The lowest BCUT2D eigenvalue weighted by Gasteiger charge is -2.24. The van der Waals surface area contributed by atoms with Gasteiger partial charge in [0, 0.05) is 19.5 Å². The van der Waals surface area contributed by atoms with Crippen molar-refractivity contribution in [2.45, 2.75) is 13.8 Å². The highest BCUT2D eigenvalue weighted by Crippen LogP contribution is 2.12. The van der Waals surface area contributed by atoms with Gasteiger partial charge in [0.2, 0.25) is 0 Å². The molecule has 0 atom stereocenters. The molecule has 1 aromatic carbocycles. The molecule has 1 rings (SSSR count). The van der Waals surface area contributed by atoms with Crippen LogP contribution in [-0.4, -0.2) is 38.2 Å². The number of rotatable bonds is 7. The van der Waals surface area contributed by atoms with E-state index in [0.29, 0.717) is 26.3 Å². The van der Waals surface area contributed by atoms with Gasteiger partial charge in [0.25, 0.3) is 0 Å². The maximum atomic E-state index is 10.8. The Morgan fingerprint density at radius 2 is 1.42 bits per heavy atom. The second kappa shape index (κ2) is 8.13. The molecule has 0 amide bonds. The van der Waals surface area contributed by atoms with Crippen molar-refractivity contribution in [3.05, 3.63) is 30.3 Å². The van der Waals surface area contributed by atoms with E-state index in [0.717, 1.165) is 5.69 Å². The lowest BCUT2D eigenvalue weighted by Crippen LogP contribution is -2.31. The summed E-state index contributed by atoms with van der Waals surface area (Å²) >= 11 is 0. The van der Waals surface area contributed by atoms with E-state index < -0.39 is 0 Å². The molecule has 104 valence electrons. The average Bonchev–Trinajstić information content (AvgIpc) is 2.37. The minimum Gasteiger partial charge on any atom is -0.464 e. The maximum absolute atomic E-state index is 10.8. The van der Waals surface area contributed by atoms with Crippen molar-refractivity contribution < 1.29 is 19.1 Å². The Morgan fingerprint density at radius 1 is 0.947 bits per heavy atom. The lowest BCUT2D eigenvalue weighted by molar-refractivity contribution is -0.141. The summed E-state index contributed by atoms with van der Waals surface area (Å²) in [5, 5.41) is 0. The molecule has 0 aliphatic heterocycles. The molecule has 0 N–H and O–H groups in total. The molecule has 0 heterocycles. The SMILES string of the molecule is CC(=O)OCCN(CCOC(C)=O)c1ccccc1. The third kappa shape index (κ3) is 6.45. The summed E-state index contributed by atoms with van der Waals surface area (Å²) in [7, 11) is 0. The normalized spacial score (nSPS) is 9.79. The molecular weight excluding hydrogens is 246 g/mol. The third-order valence-electron chi connectivity index (χ3n) is 2.45. The maximum Gasteiger partial charge on any atom is 0.302 e. The molecule has 0 aliphatic rings. The zero-order valence-electron chi connectivity index (χ0n) is 11.3. The molecule has 5 nitrogen and oxygen atoms in total. The van der Waals surface area contributed by atoms with Gasteiger partial charge in [0.1, 0.15) is 13.2 Å². The number of carbonyl (C=O) groups is 2. The molecule has 0 unspecified atom stereocenters. The van der Waals surface area contributed by atoms with Gasteiger partial charge in [0.15, 0.2) is 0 Å². The van der Waals surface area contributed by atoms with Crippen LogP contribution in [0.3, 0.4) is 0 Å². The summed E-state index contributed by atoms with van der Waals surface area (Å²) in [5.74, 6) is -0.596. The summed E-state index contributed by atoms with van der Waals surface area (Å²) in [5.41, 5.74) is 1.00. The smallest absolute Gasteiger partial charge is 0.302 e. The topological polar surface area (TPSA) is 55.8 Å². The molecule has 1 aromatic rings. The highest BCUT2D eigenvalue weighted by atomic mass is 16.5. The van der Waals surface area contributed by atoms with Crippen molar-refractivity contribution in [3.63, 3.8) is 0 Å². The van der Waals surface area contributed by atoms with Gasteiger partial charge in [-0.1, -0.05) is 18.2 Å². The summed E-state index contributed by atoms with van der Waals surface area (Å²) in [6.45, 7) is 4.50. The first kappa shape index (κ1) is 15.0. The predicted octanol–water partition coefficient (Wildman–Crippen LogP) is 1.62. The van der Waals surface area contributed by atoms with Crippen LogP contribution in [0.1, 0.15) is 13.8 Å². The zero-order chi connectivity index (χ0) is 14.1. The Kier molecular flexibility index (Phi) is 6.43. The molecule has 0 radical (unpaired) electrons. The fourth-order valence-electron chi connectivity index (χ4n) is 1.61. The molecule has 5 heteroatoms. The fourth-order valence-corrected chi connectivity index (χ4v) is 1.61. The Hall–Kier alpha value is -2.04. The molecule has 19 heavy (non-hydrogen) atoms. The number of ether oxygens (including phenoxy) is 2. The van der Waals surface area contributed by atoms with Gasteiger partial charge in [-0.3, -0.25) is 9.59 Å². The molecule has 0 spiro atoms. The number of hydrogen-bond acceptors (Lipinski definition) is 5. The molecular formula is C14H19NO4. The molecule has 0 aliphatic carbocycles. The average molecular weight is 265 g/mol. The second-order valence-electron chi connectivity index (χ2n) is 4.00. The molecule has 0 fully saturated rings. The van der Waals surface area contributed by atoms with Crippen LogP contribution in [0, 0.1) is 0 Å². The predicted molar refractivity (Wildman–Crippen MR) is 71.9 cm³/mol. The van der Waals surface area contributed by atoms with Crippen molar-refractivity contribution in [3.8, 4) is 0 Å². The number of hydrogen-bond donors (Lipinski definition) is 0. The number of esters is 2. The summed E-state index contributed by atoms with van der Waals surface area (Å²) in [6, 6.07) is 9.71.